The highest BCUT2D eigenvalue weighted by molar-refractivity contribution is 14.0. The highest BCUT2D eigenvalue weighted by Crippen LogP contribution is 2.25. The van der Waals surface area contributed by atoms with Gasteiger partial charge in [-0.25, -0.2) is 4.98 Å². The van der Waals surface area contributed by atoms with Crippen LogP contribution >= 0.6 is 35.6 Å². The Morgan fingerprint density at radius 2 is 1.93 bits per heavy atom. The van der Waals surface area contributed by atoms with Crippen molar-refractivity contribution >= 4 is 47.2 Å². The smallest absolute Gasteiger partial charge is 0.191 e. The van der Waals surface area contributed by atoms with Crippen molar-refractivity contribution in [1.29, 1.82) is 0 Å². The Labute approximate surface area is 194 Å². The molecule has 0 spiro atoms. The van der Waals surface area contributed by atoms with Crippen LogP contribution in [0.2, 0.25) is 5.02 Å². The van der Waals surface area contributed by atoms with E-state index in [0.29, 0.717) is 6.54 Å². The fourth-order valence-corrected chi connectivity index (χ4v) is 3.55. The first kappa shape index (κ1) is 23.7. The van der Waals surface area contributed by atoms with Crippen LogP contribution in [0.3, 0.4) is 0 Å². The minimum absolute atomic E-state index is 0. The van der Waals surface area contributed by atoms with Gasteiger partial charge in [-0.15, -0.1) is 24.0 Å². The van der Waals surface area contributed by atoms with Crippen LogP contribution in [-0.2, 0) is 13.6 Å². The maximum atomic E-state index is 6.32. The Hall–Kier alpha value is -1.59. The first-order valence-electron chi connectivity index (χ1n) is 9.66. The number of benzene rings is 1. The highest BCUT2D eigenvalue weighted by Gasteiger charge is 2.18. The number of guanidine groups is 1. The Balaban J connectivity index is 0.00000300. The summed E-state index contributed by atoms with van der Waals surface area (Å²) < 4.78 is 1.75. The summed E-state index contributed by atoms with van der Waals surface area (Å²) in [4.78, 5) is 13.3. The summed E-state index contributed by atoms with van der Waals surface area (Å²) in [6.45, 7) is 6.69. The van der Waals surface area contributed by atoms with E-state index in [0.717, 1.165) is 68.2 Å². The van der Waals surface area contributed by atoms with Gasteiger partial charge in [-0.3, -0.25) is 14.6 Å². The molecular formula is C19H30ClIN8. The molecule has 1 fully saturated rings. The quantitative estimate of drug-likeness (QED) is 0.246. The van der Waals surface area contributed by atoms with Crippen LogP contribution in [0.15, 0.2) is 35.6 Å². The van der Waals surface area contributed by atoms with Crippen molar-refractivity contribution in [2.75, 3.05) is 51.2 Å². The van der Waals surface area contributed by atoms with E-state index in [9.17, 15) is 0 Å². The van der Waals surface area contributed by atoms with Gasteiger partial charge in [0.2, 0.25) is 0 Å². The number of hydrogen-bond donors (Lipinski definition) is 2. The molecule has 29 heavy (non-hydrogen) atoms. The molecule has 1 saturated heterocycles. The molecule has 2 N–H and O–H groups in total. The van der Waals surface area contributed by atoms with Crippen molar-refractivity contribution in [3.05, 3.63) is 41.4 Å². The topological polar surface area (TPSA) is 73.6 Å². The second-order valence-electron chi connectivity index (χ2n) is 6.79. The van der Waals surface area contributed by atoms with E-state index in [2.05, 4.69) is 41.6 Å². The third-order valence-electron chi connectivity index (χ3n) is 4.95. The Morgan fingerprint density at radius 1 is 1.17 bits per heavy atom. The maximum Gasteiger partial charge on any atom is 0.191 e. The fourth-order valence-electron chi connectivity index (χ4n) is 3.29. The number of hydrogen-bond acceptors (Lipinski definition) is 5. The van der Waals surface area contributed by atoms with E-state index in [1.165, 1.54) is 0 Å². The van der Waals surface area contributed by atoms with Gasteiger partial charge in [-0.1, -0.05) is 23.7 Å². The predicted octanol–water partition coefficient (Wildman–Crippen LogP) is 1.96. The van der Waals surface area contributed by atoms with Crippen LogP contribution < -0.4 is 15.5 Å². The third kappa shape index (κ3) is 7.00. The van der Waals surface area contributed by atoms with Gasteiger partial charge < -0.3 is 15.5 Å². The van der Waals surface area contributed by atoms with Crippen molar-refractivity contribution in [1.82, 2.24) is 30.3 Å². The minimum Gasteiger partial charge on any atom is -0.368 e. The molecule has 0 amide bonds. The van der Waals surface area contributed by atoms with E-state index < -0.39 is 0 Å². The molecular weight excluding hydrogens is 503 g/mol. The molecule has 1 aromatic carbocycles. The fraction of sp³-hybridized carbons (Fsp3) is 0.526. The summed E-state index contributed by atoms with van der Waals surface area (Å²) in [6.07, 6.45) is 2.62. The number of anilines is 1. The molecule has 3 rings (SSSR count). The molecule has 1 aliphatic heterocycles. The third-order valence-corrected chi connectivity index (χ3v) is 5.27. The number of piperazine rings is 1. The van der Waals surface area contributed by atoms with E-state index in [-0.39, 0.29) is 24.0 Å². The van der Waals surface area contributed by atoms with Crippen molar-refractivity contribution < 1.29 is 0 Å². The standard InChI is InChI=1S/C19H29ClN8.HI/c1-21-19(23-14-18-24-15-25-26(18)2)22-8-5-9-27-10-12-28(13-11-27)17-7-4-3-6-16(17)20;/h3-4,6-7,15H,5,8-14H2,1-2H3,(H2,21,22,23);1H. The second kappa shape index (κ2) is 12.2. The number of nitrogens with zero attached hydrogens (tertiary/aromatic N) is 6. The average molecular weight is 533 g/mol. The Kier molecular flexibility index (Phi) is 9.95. The van der Waals surface area contributed by atoms with Crippen LogP contribution in [0, 0.1) is 0 Å². The number of para-hydroxylation sites is 1. The zero-order valence-corrected chi connectivity index (χ0v) is 20.1. The zero-order chi connectivity index (χ0) is 19.8. The SMILES string of the molecule is CN=C(NCCCN1CCN(c2ccccc2Cl)CC1)NCc1ncnn1C.I. The van der Waals surface area contributed by atoms with Crippen LogP contribution in [0.5, 0.6) is 0 Å². The number of aliphatic imine (C=N–C) groups is 1. The van der Waals surface area contributed by atoms with E-state index >= 15 is 0 Å². The molecule has 0 atom stereocenters. The van der Waals surface area contributed by atoms with Crippen molar-refractivity contribution in [3.63, 3.8) is 0 Å². The second-order valence-corrected chi connectivity index (χ2v) is 7.19. The number of aromatic nitrogens is 3. The largest absolute Gasteiger partial charge is 0.368 e. The summed E-state index contributed by atoms with van der Waals surface area (Å²) in [5.74, 6) is 1.66. The Bertz CT molecular complexity index is 773. The van der Waals surface area contributed by atoms with Crippen molar-refractivity contribution in [3.8, 4) is 0 Å². The lowest BCUT2D eigenvalue weighted by molar-refractivity contribution is 0.255. The molecule has 160 valence electrons. The minimum atomic E-state index is 0. The van der Waals surface area contributed by atoms with Crippen LogP contribution in [0.25, 0.3) is 0 Å². The Morgan fingerprint density at radius 3 is 2.59 bits per heavy atom. The number of aryl methyl sites for hydroxylation is 1. The van der Waals surface area contributed by atoms with Gasteiger partial charge in [-0.2, -0.15) is 5.10 Å². The number of halogens is 2. The molecule has 8 nitrogen and oxygen atoms in total. The van der Waals surface area contributed by atoms with Gasteiger partial charge in [-0.05, 0) is 25.1 Å². The monoisotopic (exact) mass is 532 g/mol. The van der Waals surface area contributed by atoms with Crippen LogP contribution in [-0.4, -0.2) is 71.9 Å². The van der Waals surface area contributed by atoms with Crippen molar-refractivity contribution in [2.24, 2.45) is 12.0 Å². The van der Waals surface area contributed by atoms with Gasteiger partial charge in [0.1, 0.15) is 12.2 Å². The first-order valence-corrected chi connectivity index (χ1v) is 10.0. The normalized spacial score (nSPS) is 15.1. The van der Waals surface area contributed by atoms with E-state index in [4.69, 9.17) is 11.6 Å². The molecule has 0 unspecified atom stereocenters. The van der Waals surface area contributed by atoms with E-state index in [1.807, 2.05) is 25.2 Å². The molecule has 2 aromatic rings. The molecule has 0 bridgehead atoms. The summed E-state index contributed by atoms with van der Waals surface area (Å²) >= 11 is 6.32. The molecule has 2 heterocycles. The first-order chi connectivity index (χ1) is 13.7. The van der Waals surface area contributed by atoms with Crippen molar-refractivity contribution in [2.45, 2.75) is 13.0 Å². The van der Waals surface area contributed by atoms with Crippen LogP contribution in [0.1, 0.15) is 12.2 Å². The molecule has 1 aliphatic rings. The molecule has 0 aliphatic carbocycles. The molecule has 1 aromatic heterocycles. The molecule has 0 radical (unpaired) electrons. The van der Waals surface area contributed by atoms with E-state index in [1.54, 1.807) is 18.1 Å². The predicted molar refractivity (Wildman–Crippen MR) is 129 cm³/mol. The summed E-state index contributed by atoms with van der Waals surface area (Å²) in [5, 5.41) is 11.5. The van der Waals surface area contributed by atoms with Gasteiger partial charge in [0, 0.05) is 46.8 Å². The average Bonchev–Trinajstić information content (AvgIpc) is 3.13. The van der Waals surface area contributed by atoms with Crippen LogP contribution in [0.4, 0.5) is 5.69 Å². The lowest BCUT2D eigenvalue weighted by Gasteiger charge is -2.36. The summed E-state index contributed by atoms with van der Waals surface area (Å²) in [5.41, 5.74) is 1.14. The maximum absolute atomic E-state index is 6.32. The molecule has 10 heteroatoms. The molecule has 0 saturated carbocycles. The summed E-state index contributed by atoms with van der Waals surface area (Å²) in [7, 11) is 3.66. The van der Waals surface area contributed by atoms with Gasteiger partial charge in [0.25, 0.3) is 0 Å². The van der Waals surface area contributed by atoms with Gasteiger partial charge >= 0.3 is 0 Å². The van der Waals surface area contributed by atoms with Gasteiger partial charge in [0.05, 0.1) is 17.3 Å². The number of nitrogens with one attached hydrogen (secondary N) is 2. The zero-order valence-electron chi connectivity index (χ0n) is 17.0. The number of rotatable bonds is 7. The lowest BCUT2D eigenvalue weighted by Crippen LogP contribution is -2.47. The van der Waals surface area contributed by atoms with Gasteiger partial charge in [0.15, 0.2) is 5.96 Å². The highest BCUT2D eigenvalue weighted by atomic mass is 127. The lowest BCUT2D eigenvalue weighted by atomic mass is 10.2. The summed E-state index contributed by atoms with van der Waals surface area (Å²) in [6, 6.07) is 8.08.